The van der Waals surface area contributed by atoms with Crippen LogP contribution < -0.4 is 5.32 Å². The highest BCUT2D eigenvalue weighted by molar-refractivity contribution is 7.15. The lowest BCUT2D eigenvalue weighted by atomic mass is 10.1. The number of ether oxygens (including phenoxy) is 1. The SMILES string of the molecule is COCc1nnc(NC(=O)CN2Cc3ccccc3C2=O)s1. The molecule has 7 nitrogen and oxygen atoms in total. The van der Waals surface area contributed by atoms with Crippen molar-refractivity contribution in [2.45, 2.75) is 13.2 Å². The second-order valence-electron chi connectivity index (χ2n) is 4.80. The minimum Gasteiger partial charge on any atom is -0.377 e. The number of anilines is 1. The Kier molecular flexibility index (Phi) is 4.12. The zero-order chi connectivity index (χ0) is 15.5. The molecular weight excluding hydrogens is 304 g/mol. The Balaban J connectivity index is 1.60. The van der Waals surface area contributed by atoms with Gasteiger partial charge in [-0.05, 0) is 11.6 Å². The second-order valence-corrected chi connectivity index (χ2v) is 5.86. The van der Waals surface area contributed by atoms with Crippen LogP contribution in [0.3, 0.4) is 0 Å². The molecule has 2 aromatic rings. The Morgan fingerprint density at radius 3 is 3.00 bits per heavy atom. The molecule has 0 aliphatic carbocycles. The molecule has 2 amide bonds. The van der Waals surface area contributed by atoms with Crippen molar-refractivity contribution in [3.05, 3.63) is 40.4 Å². The highest BCUT2D eigenvalue weighted by Gasteiger charge is 2.28. The number of amides is 2. The van der Waals surface area contributed by atoms with Crippen LogP contribution in [0.1, 0.15) is 20.9 Å². The molecule has 8 heteroatoms. The van der Waals surface area contributed by atoms with E-state index in [1.807, 2.05) is 18.2 Å². The first-order valence-corrected chi connectivity index (χ1v) is 7.47. The van der Waals surface area contributed by atoms with Crippen LogP contribution in [0.2, 0.25) is 0 Å². The normalized spacial score (nSPS) is 13.3. The fraction of sp³-hybridized carbons (Fsp3) is 0.286. The standard InChI is InChI=1S/C14H14N4O3S/c1-21-8-12-16-17-14(22-12)15-11(19)7-18-6-9-4-2-3-5-10(9)13(18)20/h2-5H,6-8H2,1H3,(H,15,17,19). The van der Waals surface area contributed by atoms with Gasteiger partial charge in [0.25, 0.3) is 5.91 Å². The van der Waals surface area contributed by atoms with Gasteiger partial charge < -0.3 is 9.64 Å². The van der Waals surface area contributed by atoms with Crippen molar-refractivity contribution in [2.75, 3.05) is 19.0 Å². The van der Waals surface area contributed by atoms with Crippen LogP contribution in [0.5, 0.6) is 0 Å². The van der Waals surface area contributed by atoms with E-state index in [2.05, 4.69) is 15.5 Å². The van der Waals surface area contributed by atoms with Gasteiger partial charge in [0.1, 0.15) is 18.2 Å². The smallest absolute Gasteiger partial charge is 0.254 e. The van der Waals surface area contributed by atoms with E-state index in [1.165, 1.54) is 16.2 Å². The van der Waals surface area contributed by atoms with Crippen molar-refractivity contribution < 1.29 is 14.3 Å². The van der Waals surface area contributed by atoms with E-state index in [-0.39, 0.29) is 18.4 Å². The molecule has 1 N–H and O–H groups in total. The number of hydrogen-bond donors (Lipinski definition) is 1. The quantitative estimate of drug-likeness (QED) is 0.897. The van der Waals surface area contributed by atoms with E-state index >= 15 is 0 Å². The van der Waals surface area contributed by atoms with Crippen molar-refractivity contribution in [3.8, 4) is 0 Å². The molecule has 1 aliphatic rings. The average molecular weight is 318 g/mol. The largest absolute Gasteiger partial charge is 0.377 e. The van der Waals surface area contributed by atoms with Gasteiger partial charge in [0.2, 0.25) is 11.0 Å². The average Bonchev–Trinajstić information content (AvgIpc) is 3.05. The van der Waals surface area contributed by atoms with Crippen molar-refractivity contribution in [2.24, 2.45) is 0 Å². The minimum absolute atomic E-state index is 0.00724. The molecule has 0 saturated carbocycles. The van der Waals surface area contributed by atoms with Crippen molar-refractivity contribution in [1.29, 1.82) is 0 Å². The first kappa shape index (κ1) is 14.6. The molecule has 0 atom stereocenters. The lowest BCUT2D eigenvalue weighted by molar-refractivity contribution is -0.116. The lowest BCUT2D eigenvalue weighted by Crippen LogP contribution is -2.33. The Morgan fingerprint density at radius 1 is 1.41 bits per heavy atom. The number of nitrogens with zero attached hydrogens (tertiary/aromatic N) is 3. The molecule has 114 valence electrons. The maximum Gasteiger partial charge on any atom is 0.254 e. The van der Waals surface area contributed by atoms with Crippen LogP contribution in [0.15, 0.2) is 24.3 Å². The molecule has 1 aliphatic heterocycles. The topological polar surface area (TPSA) is 84.4 Å². The highest BCUT2D eigenvalue weighted by atomic mass is 32.1. The fourth-order valence-corrected chi connectivity index (χ4v) is 2.99. The van der Waals surface area contributed by atoms with E-state index in [9.17, 15) is 9.59 Å². The highest BCUT2D eigenvalue weighted by Crippen LogP contribution is 2.22. The fourth-order valence-electron chi connectivity index (χ4n) is 2.26. The number of carbonyl (C=O) groups excluding carboxylic acids is 2. The molecule has 1 aromatic heterocycles. The predicted octanol–water partition coefficient (Wildman–Crippen LogP) is 1.28. The predicted molar refractivity (Wildman–Crippen MR) is 80.4 cm³/mol. The number of methoxy groups -OCH3 is 1. The van der Waals surface area contributed by atoms with Gasteiger partial charge in [-0.1, -0.05) is 29.5 Å². The Bertz CT molecular complexity index is 716. The summed E-state index contributed by atoms with van der Waals surface area (Å²) in [5, 5.41) is 11.5. The van der Waals surface area contributed by atoms with Gasteiger partial charge in [0, 0.05) is 19.2 Å². The monoisotopic (exact) mass is 318 g/mol. The van der Waals surface area contributed by atoms with Crippen LogP contribution >= 0.6 is 11.3 Å². The summed E-state index contributed by atoms with van der Waals surface area (Å²) >= 11 is 1.25. The number of fused-ring (bicyclic) bond motifs is 1. The van der Waals surface area contributed by atoms with Gasteiger partial charge in [-0.3, -0.25) is 14.9 Å². The number of nitrogens with one attached hydrogen (secondary N) is 1. The van der Waals surface area contributed by atoms with E-state index < -0.39 is 0 Å². The summed E-state index contributed by atoms with van der Waals surface area (Å²) in [5.74, 6) is -0.413. The van der Waals surface area contributed by atoms with Gasteiger partial charge in [-0.2, -0.15) is 0 Å². The van der Waals surface area contributed by atoms with Crippen LogP contribution in [-0.2, 0) is 22.7 Å². The zero-order valence-corrected chi connectivity index (χ0v) is 12.7. The first-order valence-electron chi connectivity index (χ1n) is 6.65. The molecule has 0 unspecified atom stereocenters. The summed E-state index contributed by atoms with van der Waals surface area (Å²) in [5.41, 5.74) is 1.60. The number of aromatic nitrogens is 2. The maximum absolute atomic E-state index is 12.2. The van der Waals surface area contributed by atoms with Gasteiger partial charge in [-0.25, -0.2) is 0 Å². The van der Waals surface area contributed by atoms with Crippen LogP contribution in [0, 0.1) is 0 Å². The molecule has 0 saturated heterocycles. The molecule has 22 heavy (non-hydrogen) atoms. The maximum atomic E-state index is 12.2. The first-order chi connectivity index (χ1) is 10.7. The van der Waals surface area contributed by atoms with E-state index in [4.69, 9.17) is 4.74 Å². The van der Waals surface area contributed by atoms with Gasteiger partial charge in [-0.15, -0.1) is 10.2 Å². The van der Waals surface area contributed by atoms with Crippen molar-refractivity contribution >= 4 is 28.3 Å². The van der Waals surface area contributed by atoms with E-state index in [0.717, 1.165) is 5.56 Å². The molecule has 3 rings (SSSR count). The molecule has 0 spiro atoms. The number of carbonyl (C=O) groups is 2. The van der Waals surface area contributed by atoms with Crippen LogP contribution in [0.25, 0.3) is 0 Å². The summed E-state index contributed by atoms with van der Waals surface area (Å²) in [7, 11) is 1.57. The summed E-state index contributed by atoms with van der Waals surface area (Å²) in [4.78, 5) is 25.7. The summed E-state index contributed by atoms with van der Waals surface area (Å²) in [6.07, 6.45) is 0. The third kappa shape index (κ3) is 2.97. The Labute approximate surface area is 130 Å². The van der Waals surface area contributed by atoms with E-state index in [0.29, 0.717) is 28.9 Å². The van der Waals surface area contributed by atoms with Crippen LogP contribution in [0.4, 0.5) is 5.13 Å². The molecule has 0 fully saturated rings. The number of benzene rings is 1. The molecule has 0 radical (unpaired) electrons. The third-order valence-corrected chi connectivity index (χ3v) is 4.02. The molecule has 2 heterocycles. The van der Waals surface area contributed by atoms with Gasteiger partial charge >= 0.3 is 0 Å². The second kappa shape index (κ2) is 6.20. The van der Waals surface area contributed by atoms with Crippen molar-refractivity contribution in [3.63, 3.8) is 0 Å². The summed E-state index contributed by atoms with van der Waals surface area (Å²) < 4.78 is 4.95. The third-order valence-electron chi connectivity index (χ3n) is 3.21. The van der Waals surface area contributed by atoms with Gasteiger partial charge in [0.15, 0.2) is 0 Å². The minimum atomic E-state index is -0.290. The summed E-state index contributed by atoms with van der Waals surface area (Å²) in [6.45, 7) is 0.799. The lowest BCUT2D eigenvalue weighted by Gasteiger charge is -2.14. The molecule has 0 bridgehead atoms. The number of hydrogen-bond acceptors (Lipinski definition) is 6. The van der Waals surface area contributed by atoms with Crippen molar-refractivity contribution in [1.82, 2.24) is 15.1 Å². The Morgan fingerprint density at radius 2 is 2.23 bits per heavy atom. The zero-order valence-electron chi connectivity index (χ0n) is 11.9. The van der Waals surface area contributed by atoms with Crippen LogP contribution in [-0.4, -0.2) is 40.6 Å². The molecular formula is C14H14N4O3S. The Hall–Kier alpha value is -2.32. The summed E-state index contributed by atoms with van der Waals surface area (Å²) in [6, 6.07) is 7.37. The van der Waals surface area contributed by atoms with Gasteiger partial charge in [0.05, 0.1) is 0 Å². The van der Waals surface area contributed by atoms with E-state index in [1.54, 1.807) is 13.2 Å². The number of rotatable bonds is 5. The molecule has 1 aromatic carbocycles.